The highest BCUT2D eigenvalue weighted by molar-refractivity contribution is 6.42. The van der Waals surface area contributed by atoms with E-state index >= 15 is 0 Å². The molecule has 0 aliphatic carbocycles. The molecule has 0 radical (unpaired) electrons. The Labute approximate surface area is 191 Å². The highest BCUT2D eigenvalue weighted by atomic mass is 35.5. The second-order valence-corrected chi connectivity index (χ2v) is 8.75. The molecule has 2 unspecified atom stereocenters. The third-order valence-electron chi connectivity index (χ3n) is 6.21. The highest BCUT2D eigenvalue weighted by Gasteiger charge is 2.43. The lowest BCUT2D eigenvalue weighted by atomic mass is 9.73. The fourth-order valence-corrected chi connectivity index (χ4v) is 4.48. The molecule has 0 saturated carbocycles. The zero-order valence-electron chi connectivity index (χ0n) is 17.2. The van der Waals surface area contributed by atoms with Gasteiger partial charge in [0.2, 0.25) is 0 Å². The first kappa shape index (κ1) is 21.8. The average Bonchev–Trinajstić information content (AvgIpc) is 3.22. The molecule has 1 aliphatic heterocycles. The molecule has 1 heterocycles. The van der Waals surface area contributed by atoms with Gasteiger partial charge in [0.15, 0.2) is 0 Å². The number of hydrogen-bond acceptors (Lipinski definition) is 2. The van der Waals surface area contributed by atoms with Crippen molar-refractivity contribution in [3.63, 3.8) is 0 Å². The van der Waals surface area contributed by atoms with E-state index in [0.717, 1.165) is 29.1 Å². The van der Waals surface area contributed by atoms with Crippen LogP contribution in [-0.4, -0.2) is 18.4 Å². The summed E-state index contributed by atoms with van der Waals surface area (Å²) in [4.78, 5) is 6.97. The summed E-state index contributed by atoms with van der Waals surface area (Å²) in [6.45, 7) is 4.84. The van der Waals surface area contributed by atoms with Gasteiger partial charge < -0.3 is 4.90 Å². The quantitative estimate of drug-likeness (QED) is 0.392. The Balaban J connectivity index is 1.82. The van der Waals surface area contributed by atoms with Gasteiger partial charge in [-0.1, -0.05) is 43.1 Å². The molecule has 0 amide bonds. The minimum absolute atomic E-state index is 0.0553. The van der Waals surface area contributed by atoms with E-state index < -0.39 is 0 Å². The first-order valence-electron chi connectivity index (χ1n) is 10.1. The summed E-state index contributed by atoms with van der Waals surface area (Å²) < 4.78 is 27.2. The molecule has 4 rings (SSSR count). The summed E-state index contributed by atoms with van der Waals surface area (Å²) in [6.07, 6.45) is 0.819. The van der Waals surface area contributed by atoms with E-state index in [2.05, 4.69) is 18.7 Å². The van der Waals surface area contributed by atoms with Crippen molar-refractivity contribution in [2.45, 2.75) is 31.7 Å². The van der Waals surface area contributed by atoms with Crippen molar-refractivity contribution in [2.24, 2.45) is 4.99 Å². The lowest BCUT2D eigenvalue weighted by Gasteiger charge is -2.41. The van der Waals surface area contributed by atoms with Crippen molar-refractivity contribution in [1.29, 1.82) is 0 Å². The van der Waals surface area contributed by atoms with E-state index in [1.54, 1.807) is 24.3 Å². The lowest BCUT2D eigenvalue weighted by molar-refractivity contribution is 0.376. The summed E-state index contributed by atoms with van der Waals surface area (Å²) in [5.74, 6) is 0.125. The maximum absolute atomic E-state index is 13.7. The number of nitrogens with zero attached hydrogens (tertiary/aromatic N) is 2. The Morgan fingerprint density at radius 3 is 2.13 bits per heavy atom. The molecule has 0 fully saturated rings. The van der Waals surface area contributed by atoms with E-state index in [-0.39, 0.29) is 23.1 Å². The first-order valence-corrected chi connectivity index (χ1v) is 10.9. The zero-order chi connectivity index (χ0) is 22.2. The molecule has 3 aromatic rings. The van der Waals surface area contributed by atoms with Gasteiger partial charge in [-0.15, -0.1) is 0 Å². The SMILES string of the molecule is CCC(C)(c1ccc(Cl)c(Cl)c1)C1CN=C(c2ccc(F)cc2)N1c1ccc(F)cc1. The van der Waals surface area contributed by atoms with Crippen molar-refractivity contribution < 1.29 is 8.78 Å². The Morgan fingerprint density at radius 2 is 1.55 bits per heavy atom. The van der Waals surface area contributed by atoms with Crippen molar-refractivity contribution in [2.75, 3.05) is 11.4 Å². The van der Waals surface area contributed by atoms with E-state index in [1.807, 2.05) is 18.2 Å². The number of rotatable bonds is 5. The predicted octanol–water partition coefficient (Wildman–Crippen LogP) is 7.27. The summed E-state index contributed by atoms with van der Waals surface area (Å²) in [5, 5.41) is 1.01. The molecule has 0 aromatic heterocycles. The molecule has 160 valence electrons. The standard InChI is InChI=1S/C25H22Cl2F2N2/c1-3-25(2,17-6-13-21(26)22(27)14-17)23-15-30-24(16-4-7-18(28)8-5-16)31(23)20-11-9-19(29)10-12-20/h4-14,23H,3,15H2,1-2H3. The Morgan fingerprint density at radius 1 is 0.935 bits per heavy atom. The minimum atomic E-state index is -0.326. The fourth-order valence-electron chi connectivity index (χ4n) is 4.18. The second-order valence-electron chi connectivity index (χ2n) is 7.93. The van der Waals surface area contributed by atoms with Gasteiger partial charge in [-0.25, -0.2) is 8.78 Å². The van der Waals surface area contributed by atoms with Gasteiger partial charge in [-0.05, 0) is 72.6 Å². The van der Waals surface area contributed by atoms with Crippen LogP contribution in [0.25, 0.3) is 0 Å². The molecule has 0 spiro atoms. The van der Waals surface area contributed by atoms with Crippen LogP contribution in [0.2, 0.25) is 10.0 Å². The topological polar surface area (TPSA) is 15.6 Å². The number of amidine groups is 1. The van der Waals surface area contributed by atoms with Crippen LogP contribution in [0.1, 0.15) is 31.4 Å². The summed E-state index contributed by atoms with van der Waals surface area (Å²) in [5.41, 5.74) is 2.36. The predicted molar refractivity (Wildman–Crippen MR) is 125 cm³/mol. The van der Waals surface area contributed by atoms with E-state index in [1.165, 1.54) is 24.3 Å². The van der Waals surface area contributed by atoms with Crippen molar-refractivity contribution in [1.82, 2.24) is 0 Å². The van der Waals surface area contributed by atoms with Crippen molar-refractivity contribution in [3.8, 4) is 0 Å². The molecular weight excluding hydrogens is 437 g/mol. The van der Waals surface area contributed by atoms with Gasteiger partial charge >= 0.3 is 0 Å². The molecule has 0 N–H and O–H groups in total. The van der Waals surface area contributed by atoms with Crippen LogP contribution in [0.15, 0.2) is 71.7 Å². The Hall–Kier alpha value is -2.43. The minimum Gasteiger partial charge on any atom is -0.320 e. The summed E-state index contributed by atoms with van der Waals surface area (Å²) >= 11 is 12.5. The zero-order valence-corrected chi connectivity index (χ0v) is 18.8. The maximum Gasteiger partial charge on any atom is 0.135 e. The van der Waals surface area contributed by atoms with Crippen LogP contribution in [-0.2, 0) is 5.41 Å². The molecule has 2 nitrogen and oxygen atoms in total. The Bertz CT molecular complexity index is 1110. The molecular formula is C25H22Cl2F2N2. The van der Waals surface area contributed by atoms with Crippen molar-refractivity contribution >= 4 is 34.7 Å². The van der Waals surface area contributed by atoms with E-state index in [0.29, 0.717) is 16.6 Å². The summed E-state index contributed by atoms with van der Waals surface area (Å²) in [6, 6.07) is 18.3. The van der Waals surface area contributed by atoms with Gasteiger partial charge in [0.25, 0.3) is 0 Å². The van der Waals surface area contributed by atoms with Gasteiger partial charge in [0.05, 0.1) is 22.6 Å². The van der Waals surface area contributed by atoms with E-state index in [4.69, 9.17) is 28.2 Å². The molecule has 0 bridgehead atoms. The molecule has 31 heavy (non-hydrogen) atoms. The third kappa shape index (κ3) is 4.07. The summed E-state index contributed by atoms with van der Waals surface area (Å²) in [7, 11) is 0. The molecule has 6 heteroatoms. The van der Waals surface area contributed by atoms with Crippen LogP contribution < -0.4 is 4.90 Å². The van der Waals surface area contributed by atoms with Gasteiger partial charge in [0, 0.05) is 16.7 Å². The number of aliphatic imine (C=N–C) groups is 1. The molecule has 1 aliphatic rings. The average molecular weight is 459 g/mol. The highest BCUT2D eigenvalue weighted by Crippen LogP contribution is 2.41. The molecule has 0 saturated heterocycles. The fraction of sp³-hybridized carbons (Fsp3) is 0.240. The number of halogens is 4. The smallest absolute Gasteiger partial charge is 0.135 e. The molecule has 3 aromatic carbocycles. The van der Waals surface area contributed by atoms with Crippen LogP contribution in [0.5, 0.6) is 0 Å². The van der Waals surface area contributed by atoms with Crippen LogP contribution in [0.4, 0.5) is 14.5 Å². The largest absolute Gasteiger partial charge is 0.320 e. The number of anilines is 1. The first-order chi connectivity index (χ1) is 14.8. The second kappa shape index (κ2) is 8.60. The normalized spacial score (nSPS) is 18.1. The third-order valence-corrected chi connectivity index (χ3v) is 6.95. The number of hydrogen-bond donors (Lipinski definition) is 0. The lowest BCUT2D eigenvalue weighted by Crippen LogP contribution is -2.50. The van der Waals surface area contributed by atoms with Crippen LogP contribution >= 0.6 is 23.2 Å². The van der Waals surface area contributed by atoms with Gasteiger partial charge in [-0.3, -0.25) is 4.99 Å². The van der Waals surface area contributed by atoms with Gasteiger partial charge in [0.1, 0.15) is 17.5 Å². The van der Waals surface area contributed by atoms with Gasteiger partial charge in [-0.2, -0.15) is 0 Å². The monoisotopic (exact) mass is 458 g/mol. The van der Waals surface area contributed by atoms with E-state index in [9.17, 15) is 8.78 Å². The van der Waals surface area contributed by atoms with Crippen LogP contribution in [0, 0.1) is 11.6 Å². The molecule has 2 atom stereocenters. The maximum atomic E-state index is 13.7. The Kier molecular flexibility index (Phi) is 6.05. The van der Waals surface area contributed by atoms with Crippen molar-refractivity contribution in [3.05, 3.63) is 99.5 Å². The van der Waals surface area contributed by atoms with Crippen LogP contribution in [0.3, 0.4) is 0 Å². The number of benzene rings is 3.